The average Bonchev–Trinajstić information content (AvgIpc) is 3.59. The third-order valence-corrected chi connectivity index (χ3v) is 15.3. The van der Waals surface area contributed by atoms with Gasteiger partial charge in [0.05, 0.1) is 29.0 Å². The van der Waals surface area contributed by atoms with E-state index < -0.39 is 42.6 Å². The van der Waals surface area contributed by atoms with E-state index in [0.717, 1.165) is 50.5 Å². The molecule has 1 amide bonds. The molecule has 0 spiro atoms. The molecule has 17 heteroatoms. The van der Waals surface area contributed by atoms with Crippen LogP contribution in [-0.4, -0.2) is 92.5 Å². The number of aromatic hydroxyl groups is 1. The number of aliphatic carboxylic acids is 1. The minimum atomic E-state index is -4.47. The van der Waals surface area contributed by atoms with E-state index in [0.29, 0.717) is 50.9 Å². The highest BCUT2D eigenvalue weighted by Gasteiger charge is 2.44. The molecule has 0 bridgehead atoms. The molecule has 3 aliphatic heterocycles. The predicted octanol–water partition coefficient (Wildman–Crippen LogP) is 7.63. The van der Waals surface area contributed by atoms with E-state index in [2.05, 4.69) is 15.1 Å². The highest BCUT2D eigenvalue weighted by atomic mass is 32.2. The van der Waals surface area contributed by atoms with Gasteiger partial charge in [-0.25, -0.2) is 0 Å². The van der Waals surface area contributed by atoms with Crippen molar-refractivity contribution in [3.05, 3.63) is 106 Å². The van der Waals surface area contributed by atoms with E-state index in [4.69, 9.17) is 14.6 Å². The van der Waals surface area contributed by atoms with Gasteiger partial charge in [-0.2, -0.15) is 16.8 Å². The maximum absolute atomic E-state index is 13.4. The van der Waals surface area contributed by atoms with Crippen LogP contribution in [0.1, 0.15) is 100 Å². The number of rotatable bonds is 18. The van der Waals surface area contributed by atoms with Crippen molar-refractivity contribution >= 4 is 43.5 Å². The quantitative estimate of drug-likeness (QED) is 0.0470. The third-order valence-electron chi connectivity index (χ3n) is 13.6. The summed E-state index contributed by atoms with van der Waals surface area (Å²) in [6.07, 6.45) is 12.7. The Bertz CT molecular complexity index is 2710. The van der Waals surface area contributed by atoms with Crippen LogP contribution in [0.4, 0.5) is 11.4 Å². The lowest BCUT2D eigenvalue weighted by Crippen LogP contribution is -2.51. The third kappa shape index (κ3) is 10.2. The molecule has 3 aromatic carbocycles. The number of nitrogens with one attached hydrogen (secondary N) is 1. The van der Waals surface area contributed by atoms with Crippen molar-refractivity contribution in [2.45, 2.75) is 126 Å². The lowest BCUT2D eigenvalue weighted by molar-refractivity contribution is -0.137. The molecule has 0 radical (unpaired) electrons. The first-order valence-electron chi connectivity index (χ1n) is 22.2. The van der Waals surface area contributed by atoms with Gasteiger partial charge < -0.3 is 34.8 Å². The van der Waals surface area contributed by atoms with Gasteiger partial charge in [0.25, 0.3) is 26.1 Å². The standard InChI is InChI=1S/C49H63N3O12S2/c1-31-32(2)45-36(33(3)44(31)55)22-23-49(8,64-45)46(56)50-24-27-63-28-26-52-40-21-19-35(66(60,61)62)30-38(40)48(6,7)42(52)16-12-9-11-15-41-47(4,5)37-29-34(65(57,58)59)18-20-39(37)51(41)25-14-10-13-17-43(53)54/h9,11-12,15-16,18-21,29-30,42,55H,10,13-14,17,22-28H2,1-8H3,(H,50,56)(H,53,54)(H,57,58,59)(H,60,61,62)/b11-9+,16-12+,41-15+. The largest absolute Gasteiger partial charge is 0.507 e. The number of benzene rings is 3. The first-order valence-corrected chi connectivity index (χ1v) is 25.1. The Morgan fingerprint density at radius 2 is 1.48 bits per heavy atom. The van der Waals surface area contributed by atoms with Gasteiger partial charge in [-0.1, -0.05) is 58.4 Å². The van der Waals surface area contributed by atoms with Gasteiger partial charge in [0, 0.05) is 65.9 Å². The Labute approximate surface area is 388 Å². The molecule has 358 valence electrons. The van der Waals surface area contributed by atoms with Gasteiger partial charge in [0.1, 0.15) is 11.5 Å². The van der Waals surface area contributed by atoms with Crippen LogP contribution in [0.25, 0.3) is 0 Å². The molecule has 2 atom stereocenters. The van der Waals surface area contributed by atoms with Gasteiger partial charge in [-0.05, 0) is 117 Å². The van der Waals surface area contributed by atoms with Crippen LogP contribution >= 0.6 is 0 Å². The molecule has 66 heavy (non-hydrogen) atoms. The fourth-order valence-corrected chi connectivity index (χ4v) is 10.5. The monoisotopic (exact) mass is 949 g/mol. The number of carbonyl (C=O) groups is 2. The SMILES string of the molecule is Cc1c(C)c2c(c(C)c1O)CCC(C)(C(=O)NCCOCCN1c3ccc(S(=O)(=O)O)cc3C(C)(C)C1/C=C/C=C/C=C1/N(CCCCCC(=O)O)c3ccc(S(=O)(=O)O)cc3C1(C)C)O2. The number of fused-ring (bicyclic) bond motifs is 3. The maximum atomic E-state index is 13.4. The normalized spacial score (nSPS) is 20.5. The number of nitrogens with zero attached hydrogens (tertiary/aromatic N) is 2. The molecule has 0 aliphatic carbocycles. The summed E-state index contributed by atoms with van der Waals surface area (Å²) in [5, 5.41) is 22.6. The number of anilines is 2. The van der Waals surface area contributed by atoms with Crippen molar-refractivity contribution in [1.29, 1.82) is 0 Å². The zero-order valence-electron chi connectivity index (χ0n) is 39.0. The Morgan fingerprint density at radius 3 is 2.14 bits per heavy atom. The first kappa shape index (κ1) is 50.2. The molecular weight excluding hydrogens is 887 g/mol. The second-order valence-corrected chi connectivity index (χ2v) is 21.5. The molecule has 3 aromatic rings. The summed E-state index contributed by atoms with van der Waals surface area (Å²) < 4.78 is 80.7. The summed E-state index contributed by atoms with van der Waals surface area (Å²) in [6, 6.07) is 8.85. The highest BCUT2D eigenvalue weighted by molar-refractivity contribution is 7.86. The van der Waals surface area contributed by atoms with Crippen molar-refractivity contribution in [2.75, 3.05) is 42.6 Å². The Hall–Kier alpha value is -5.20. The van der Waals surface area contributed by atoms with Crippen molar-refractivity contribution in [1.82, 2.24) is 5.32 Å². The van der Waals surface area contributed by atoms with Crippen LogP contribution in [0.3, 0.4) is 0 Å². The number of carbonyl (C=O) groups excluding carboxylic acids is 1. The Morgan fingerprint density at radius 1 is 0.833 bits per heavy atom. The molecule has 15 nitrogen and oxygen atoms in total. The number of amides is 1. The van der Waals surface area contributed by atoms with Crippen LogP contribution in [0.15, 0.2) is 82.3 Å². The number of phenolic OH excluding ortho intramolecular Hbond substituents is 1. The maximum Gasteiger partial charge on any atom is 0.303 e. The number of hydrogen-bond acceptors (Lipinski definition) is 11. The number of hydrogen-bond donors (Lipinski definition) is 5. The smallest absolute Gasteiger partial charge is 0.303 e. The minimum absolute atomic E-state index is 0.0759. The van der Waals surface area contributed by atoms with Gasteiger partial charge in [0.15, 0.2) is 5.60 Å². The van der Waals surface area contributed by atoms with Crippen molar-refractivity contribution < 1.29 is 55.2 Å². The molecule has 0 fully saturated rings. The molecule has 5 N–H and O–H groups in total. The van der Waals surface area contributed by atoms with E-state index in [9.17, 15) is 40.6 Å². The minimum Gasteiger partial charge on any atom is -0.507 e. The van der Waals surface area contributed by atoms with E-state index >= 15 is 0 Å². The lowest BCUT2D eigenvalue weighted by Gasteiger charge is -2.36. The second kappa shape index (κ2) is 19.2. The Kier molecular flexibility index (Phi) is 14.6. The Balaban J connectivity index is 1.15. The van der Waals surface area contributed by atoms with E-state index in [1.165, 1.54) is 24.3 Å². The number of carboxylic acid groups (broad SMARTS) is 1. The van der Waals surface area contributed by atoms with Crippen molar-refractivity contribution in [3.63, 3.8) is 0 Å². The molecule has 2 unspecified atom stereocenters. The predicted molar refractivity (Wildman–Crippen MR) is 253 cm³/mol. The zero-order valence-corrected chi connectivity index (χ0v) is 40.6. The van der Waals surface area contributed by atoms with Crippen molar-refractivity contribution in [2.24, 2.45) is 0 Å². The number of unbranched alkanes of at least 4 members (excludes halogenated alkanes) is 2. The van der Waals surface area contributed by atoms with Crippen LogP contribution in [-0.2, 0) is 51.8 Å². The zero-order chi connectivity index (χ0) is 48.6. The van der Waals surface area contributed by atoms with Crippen LogP contribution in [0, 0.1) is 20.8 Å². The summed E-state index contributed by atoms with van der Waals surface area (Å²) in [4.78, 5) is 28.4. The van der Waals surface area contributed by atoms with Crippen LogP contribution in [0.2, 0.25) is 0 Å². The topological polar surface area (TPSA) is 220 Å². The molecular formula is C49H63N3O12S2. The highest BCUT2D eigenvalue weighted by Crippen LogP contribution is 2.49. The van der Waals surface area contributed by atoms with Gasteiger partial charge in [-0.3, -0.25) is 18.7 Å². The molecule has 0 saturated heterocycles. The van der Waals surface area contributed by atoms with Crippen LogP contribution < -0.4 is 19.9 Å². The summed E-state index contributed by atoms with van der Waals surface area (Å²) in [6.45, 7) is 17.0. The summed E-state index contributed by atoms with van der Waals surface area (Å²) in [7, 11) is -8.91. The van der Waals surface area contributed by atoms with E-state index in [-0.39, 0.29) is 53.7 Å². The molecule has 3 heterocycles. The van der Waals surface area contributed by atoms with E-state index in [1.807, 2.05) is 78.8 Å². The van der Waals surface area contributed by atoms with E-state index in [1.54, 1.807) is 19.1 Å². The second-order valence-electron chi connectivity index (χ2n) is 18.7. The summed E-state index contributed by atoms with van der Waals surface area (Å²) >= 11 is 0. The fraction of sp³-hybridized carbons (Fsp3) is 0.469. The first-order chi connectivity index (χ1) is 30.8. The molecule has 3 aliphatic rings. The molecule has 0 aromatic heterocycles. The number of ether oxygens (including phenoxy) is 2. The molecule has 0 saturated carbocycles. The number of allylic oxidation sites excluding steroid dienone is 5. The number of phenols is 1. The fourth-order valence-electron chi connectivity index (χ4n) is 9.50. The number of carboxylic acids is 1. The van der Waals surface area contributed by atoms with Crippen molar-refractivity contribution in [3.8, 4) is 11.5 Å². The summed E-state index contributed by atoms with van der Waals surface area (Å²) in [5.74, 6) is -0.210. The van der Waals surface area contributed by atoms with Crippen LogP contribution in [0.5, 0.6) is 11.5 Å². The van der Waals surface area contributed by atoms with Gasteiger partial charge in [-0.15, -0.1) is 0 Å². The summed E-state index contributed by atoms with van der Waals surface area (Å²) in [5.41, 5.74) is 4.80. The molecule has 6 rings (SSSR count). The lowest BCUT2D eigenvalue weighted by atomic mass is 9.80. The average molecular weight is 950 g/mol. The van der Waals surface area contributed by atoms with Gasteiger partial charge in [0.2, 0.25) is 0 Å². The van der Waals surface area contributed by atoms with Gasteiger partial charge >= 0.3 is 5.97 Å².